The summed E-state index contributed by atoms with van der Waals surface area (Å²) in [5.41, 5.74) is 2.59. The van der Waals surface area contributed by atoms with Gasteiger partial charge in [-0.25, -0.2) is 4.98 Å². The Labute approximate surface area is 205 Å². The van der Waals surface area contributed by atoms with Gasteiger partial charge in [0.15, 0.2) is 0 Å². The highest BCUT2D eigenvalue weighted by Gasteiger charge is 2.15. The van der Waals surface area contributed by atoms with Gasteiger partial charge in [-0.05, 0) is 58.9 Å². The average molecular weight is 486 g/mol. The minimum atomic E-state index is -0.0765. The van der Waals surface area contributed by atoms with Crippen LogP contribution in [0, 0.1) is 6.92 Å². The minimum absolute atomic E-state index is 0.0765. The molecule has 1 N–H and O–H groups in total. The summed E-state index contributed by atoms with van der Waals surface area (Å²) in [6, 6.07) is 16.1. The molecule has 0 spiro atoms. The van der Waals surface area contributed by atoms with E-state index in [0.717, 1.165) is 39.1 Å². The summed E-state index contributed by atoms with van der Waals surface area (Å²) < 4.78 is 5.95. The molecule has 0 saturated heterocycles. The van der Waals surface area contributed by atoms with E-state index >= 15 is 0 Å². The van der Waals surface area contributed by atoms with Crippen molar-refractivity contribution < 1.29 is 9.53 Å². The highest BCUT2D eigenvalue weighted by molar-refractivity contribution is 7.15. The highest BCUT2D eigenvalue weighted by atomic mass is 35.5. The number of nitrogens with one attached hydrogen (secondary N) is 1. The smallest absolute Gasteiger partial charge is 0.229 e. The van der Waals surface area contributed by atoms with Crippen LogP contribution in [0.15, 0.2) is 48.5 Å². The molecule has 1 aromatic heterocycles. The van der Waals surface area contributed by atoms with E-state index in [1.165, 1.54) is 11.3 Å². The van der Waals surface area contributed by atoms with Gasteiger partial charge in [-0.2, -0.15) is 0 Å². The van der Waals surface area contributed by atoms with Gasteiger partial charge >= 0.3 is 0 Å². The van der Waals surface area contributed by atoms with Crippen molar-refractivity contribution in [2.75, 3.05) is 18.5 Å². The summed E-state index contributed by atoms with van der Waals surface area (Å²) in [4.78, 5) is 20.7. The Balaban J connectivity index is 1.57. The number of rotatable bonds is 10. The number of aromatic nitrogens is 1. The van der Waals surface area contributed by atoms with Crippen molar-refractivity contribution in [3.63, 3.8) is 0 Å². The molecule has 1 heterocycles. The maximum absolute atomic E-state index is 12.7. The third-order valence-electron chi connectivity index (χ3n) is 5.37. The van der Waals surface area contributed by atoms with E-state index in [-0.39, 0.29) is 12.3 Å². The van der Waals surface area contributed by atoms with Crippen LogP contribution in [-0.4, -0.2) is 41.0 Å². The summed E-state index contributed by atoms with van der Waals surface area (Å²) in [7, 11) is 0. The standard InChI is InChI=1S/C26H32ClN3O2S/c1-17(2)30(18(3)4)13-14-32-23-8-6-7-22(15-23)29-25(31)16-24-19(5)28-26(33-24)20-9-11-21(27)12-10-20/h6-12,15,17-18H,13-14,16H2,1-5H3,(H,29,31). The van der Waals surface area contributed by atoms with Crippen LogP contribution in [-0.2, 0) is 11.2 Å². The highest BCUT2D eigenvalue weighted by Crippen LogP contribution is 2.29. The molecule has 7 heteroatoms. The molecule has 3 rings (SSSR count). The van der Waals surface area contributed by atoms with Crippen LogP contribution in [0.1, 0.15) is 38.3 Å². The molecule has 0 aliphatic carbocycles. The number of amides is 1. The van der Waals surface area contributed by atoms with Crippen LogP contribution in [0.3, 0.4) is 0 Å². The second-order valence-electron chi connectivity index (χ2n) is 8.56. The lowest BCUT2D eigenvalue weighted by Gasteiger charge is -2.30. The van der Waals surface area contributed by atoms with Crippen LogP contribution in [0.2, 0.25) is 5.02 Å². The van der Waals surface area contributed by atoms with E-state index < -0.39 is 0 Å². The number of anilines is 1. The maximum atomic E-state index is 12.7. The predicted octanol–water partition coefficient (Wildman–Crippen LogP) is 6.45. The van der Waals surface area contributed by atoms with E-state index in [0.29, 0.717) is 23.7 Å². The SMILES string of the molecule is Cc1nc(-c2ccc(Cl)cc2)sc1CC(=O)Nc1cccc(OCCN(C(C)C)C(C)C)c1. The van der Waals surface area contributed by atoms with Crippen molar-refractivity contribution in [1.82, 2.24) is 9.88 Å². The van der Waals surface area contributed by atoms with Gasteiger partial charge < -0.3 is 10.1 Å². The number of halogens is 1. The van der Waals surface area contributed by atoms with E-state index in [2.05, 4.69) is 42.9 Å². The van der Waals surface area contributed by atoms with Crippen molar-refractivity contribution >= 4 is 34.5 Å². The van der Waals surface area contributed by atoms with E-state index in [4.69, 9.17) is 16.3 Å². The number of hydrogen-bond acceptors (Lipinski definition) is 5. The Morgan fingerprint density at radius 3 is 2.48 bits per heavy atom. The number of nitrogens with zero attached hydrogens (tertiary/aromatic N) is 2. The Morgan fingerprint density at radius 2 is 1.82 bits per heavy atom. The Bertz CT molecular complexity index is 1060. The number of benzene rings is 2. The summed E-state index contributed by atoms with van der Waals surface area (Å²) >= 11 is 7.51. The Kier molecular flexibility index (Phi) is 8.89. The van der Waals surface area contributed by atoms with Crippen molar-refractivity contribution in [2.24, 2.45) is 0 Å². The second-order valence-corrected chi connectivity index (χ2v) is 10.1. The molecule has 0 atom stereocenters. The predicted molar refractivity (Wildman–Crippen MR) is 139 cm³/mol. The molecule has 2 aromatic carbocycles. The van der Waals surface area contributed by atoms with Gasteiger partial charge in [-0.1, -0.05) is 29.8 Å². The zero-order valence-electron chi connectivity index (χ0n) is 19.9. The van der Waals surface area contributed by atoms with Crippen molar-refractivity contribution in [1.29, 1.82) is 0 Å². The zero-order valence-corrected chi connectivity index (χ0v) is 21.5. The molecule has 0 unspecified atom stereocenters. The molecule has 0 aliphatic heterocycles. The van der Waals surface area contributed by atoms with Gasteiger partial charge in [0.1, 0.15) is 17.4 Å². The fourth-order valence-electron chi connectivity index (χ4n) is 3.70. The fraction of sp³-hybridized carbons (Fsp3) is 0.385. The molecule has 0 radical (unpaired) electrons. The molecule has 1 amide bonds. The topological polar surface area (TPSA) is 54.5 Å². The number of ether oxygens (including phenoxy) is 1. The molecular weight excluding hydrogens is 454 g/mol. The Hall–Kier alpha value is -2.41. The molecule has 5 nitrogen and oxygen atoms in total. The first-order valence-electron chi connectivity index (χ1n) is 11.2. The first-order valence-corrected chi connectivity index (χ1v) is 12.4. The lowest BCUT2D eigenvalue weighted by Crippen LogP contribution is -2.39. The quantitative estimate of drug-likeness (QED) is 0.358. The van der Waals surface area contributed by atoms with Gasteiger partial charge in [0, 0.05) is 45.8 Å². The molecule has 0 bridgehead atoms. The minimum Gasteiger partial charge on any atom is -0.492 e. The van der Waals surface area contributed by atoms with Gasteiger partial charge in [0.25, 0.3) is 0 Å². The average Bonchev–Trinajstić information content (AvgIpc) is 3.11. The molecule has 176 valence electrons. The van der Waals surface area contributed by atoms with Crippen LogP contribution < -0.4 is 10.1 Å². The van der Waals surface area contributed by atoms with Crippen molar-refractivity contribution in [3.05, 3.63) is 64.1 Å². The summed E-state index contributed by atoms with van der Waals surface area (Å²) in [6.07, 6.45) is 0.278. The normalized spacial score (nSPS) is 11.4. The largest absolute Gasteiger partial charge is 0.492 e. The van der Waals surface area contributed by atoms with Gasteiger partial charge in [0.05, 0.1) is 12.1 Å². The van der Waals surface area contributed by atoms with Crippen molar-refractivity contribution in [3.8, 4) is 16.3 Å². The summed E-state index contributed by atoms with van der Waals surface area (Å²) in [6.45, 7) is 12.2. The zero-order chi connectivity index (χ0) is 24.0. The maximum Gasteiger partial charge on any atom is 0.229 e. The van der Waals surface area contributed by atoms with E-state index in [1.807, 2.05) is 55.5 Å². The lowest BCUT2D eigenvalue weighted by atomic mass is 10.2. The molecular formula is C26H32ClN3O2S. The first kappa shape index (κ1) is 25.2. The summed E-state index contributed by atoms with van der Waals surface area (Å²) in [5.74, 6) is 0.673. The molecule has 3 aromatic rings. The fourth-order valence-corrected chi connectivity index (χ4v) is 4.90. The molecule has 0 aliphatic rings. The van der Waals surface area contributed by atoms with Crippen LogP contribution in [0.4, 0.5) is 5.69 Å². The van der Waals surface area contributed by atoms with Crippen LogP contribution in [0.5, 0.6) is 5.75 Å². The van der Waals surface area contributed by atoms with Gasteiger partial charge in [-0.3, -0.25) is 9.69 Å². The lowest BCUT2D eigenvalue weighted by molar-refractivity contribution is -0.115. The number of thiazole rings is 1. The number of aryl methyl sites for hydroxylation is 1. The van der Waals surface area contributed by atoms with Gasteiger partial charge in [0.2, 0.25) is 5.91 Å². The van der Waals surface area contributed by atoms with Crippen LogP contribution >= 0.6 is 22.9 Å². The van der Waals surface area contributed by atoms with Crippen LogP contribution in [0.25, 0.3) is 10.6 Å². The molecule has 0 fully saturated rings. The third-order valence-corrected chi connectivity index (χ3v) is 6.83. The van der Waals surface area contributed by atoms with Gasteiger partial charge in [-0.15, -0.1) is 11.3 Å². The number of carbonyl (C=O) groups excluding carboxylic acids is 1. The molecule has 0 saturated carbocycles. The number of hydrogen-bond donors (Lipinski definition) is 1. The summed E-state index contributed by atoms with van der Waals surface area (Å²) in [5, 5.41) is 4.56. The van der Waals surface area contributed by atoms with Crippen molar-refractivity contribution in [2.45, 2.75) is 53.1 Å². The number of carbonyl (C=O) groups is 1. The van der Waals surface area contributed by atoms with E-state index in [9.17, 15) is 4.79 Å². The first-order chi connectivity index (χ1) is 15.7. The third kappa shape index (κ3) is 7.29. The monoisotopic (exact) mass is 485 g/mol. The molecule has 33 heavy (non-hydrogen) atoms. The van der Waals surface area contributed by atoms with E-state index in [1.54, 1.807) is 0 Å². The Morgan fingerprint density at radius 1 is 1.12 bits per heavy atom. The second kappa shape index (κ2) is 11.6.